The fourth-order valence-corrected chi connectivity index (χ4v) is 5.44. The van der Waals surface area contributed by atoms with Crippen molar-refractivity contribution in [3.05, 3.63) is 75.5 Å². The molecule has 0 aliphatic heterocycles. The van der Waals surface area contributed by atoms with Gasteiger partial charge in [0.1, 0.15) is 11.1 Å². The molecule has 3 aromatic heterocycles. The summed E-state index contributed by atoms with van der Waals surface area (Å²) in [6.07, 6.45) is 5.81. The van der Waals surface area contributed by atoms with Crippen LogP contribution in [0.4, 0.5) is 0 Å². The Hall–Kier alpha value is -3.77. The second-order valence-electron chi connectivity index (χ2n) is 9.20. The molecule has 13 heteroatoms. The predicted molar refractivity (Wildman–Crippen MR) is 140 cm³/mol. The standard InChI is InChI=1S/C25H27ClN6O5S/c1-14(2)32-24(37-25(34)18-12-30(5)28-15(18)3)21(16(4)29-32)23(33)17-8-9-20(38(6,35)36)19(22(17)26)13-31-11-7-10-27-31/h7-12,14H,13H2,1-6H3. The smallest absolute Gasteiger partial charge is 0.348 e. The Morgan fingerprint density at radius 2 is 1.82 bits per heavy atom. The predicted octanol–water partition coefficient (Wildman–Crippen LogP) is 3.57. The van der Waals surface area contributed by atoms with E-state index in [-0.39, 0.29) is 50.6 Å². The Balaban J connectivity index is 1.84. The number of benzene rings is 1. The van der Waals surface area contributed by atoms with Crippen LogP contribution in [0.25, 0.3) is 0 Å². The maximum Gasteiger partial charge on any atom is 0.348 e. The Bertz CT molecular complexity index is 1650. The zero-order valence-corrected chi connectivity index (χ0v) is 23.3. The van der Waals surface area contributed by atoms with Crippen molar-refractivity contribution in [1.82, 2.24) is 29.3 Å². The first-order chi connectivity index (χ1) is 17.8. The Morgan fingerprint density at radius 1 is 1.11 bits per heavy atom. The number of ether oxygens (including phenoxy) is 1. The monoisotopic (exact) mass is 558 g/mol. The lowest BCUT2D eigenvalue weighted by atomic mass is 10.0. The molecule has 0 fully saturated rings. The third-order valence-electron chi connectivity index (χ3n) is 5.90. The minimum Gasteiger partial charge on any atom is -0.403 e. The van der Waals surface area contributed by atoms with Crippen LogP contribution in [0, 0.1) is 13.8 Å². The van der Waals surface area contributed by atoms with Gasteiger partial charge in [-0.3, -0.25) is 14.2 Å². The average molecular weight is 559 g/mol. The van der Waals surface area contributed by atoms with E-state index in [9.17, 15) is 18.0 Å². The van der Waals surface area contributed by atoms with E-state index in [1.165, 1.54) is 32.4 Å². The van der Waals surface area contributed by atoms with Gasteiger partial charge in [-0.15, -0.1) is 0 Å². The van der Waals surface area contributed by atoms with Crippen LogP contribution < -0.4 is 4.74 Å². The molecule has 0 saturated carbocycles. The Labute approximate surface area is 224 Å². The van der Waals surface area contributed by atoms with Crippen LogP contribution in [0.3, 0.4) is 0 Å². The molecule has 4 aromatic rings. The van der Waals surface area contributed by atoms with E-state index < -0.39 is 21.6 Å². The molecule has 4 rings (SSSR count). The molecule has 0 aliphatic carbocycles. The molecule has 0 unspecified atom stereocenters. The highest BCUT2D eigenvalue weighted by Gasteiger charge is 2.31. The second-order valence-corrected chi connectivity index (χ2v) is 11.6. The van der Waals surface area contributed by atoms with Crippen LogP contribution in [0.5, 0.6) is 5.88 Å². The van der Waals surface area contributed by atoms with E-state index >= 15 is 0 Å². The fraction of sp³-hybridized carbons (Fsp3) is 0.320. The molecule has 1 aromatic carbocycles. The van der Waals surface area contributed by atoms with E-state index in [1.54, 1.807) is 39.4 Å². The number of aryl methyl sites for hydroxylation is 3. The number of hydrogen-bond donors (Lipinski definition) is 0. The largest absolute Gasteiger partial charge is 0.403 e. The lowest BCUT2D eigenvalue weighted by Gasteiger charge is -2.15. The minimum atomic E-state index is -3.67. The van der Waals surface area contributed by atoms with Crippen molar-refractivity contribution in [1.29, 1.82) is 0 Å². The summed E-state index contributed by atoms with van der Waals surface area (Å²) in [5.41, 5.74) is 1.36. The molecule has 0 spiro atoms. The van der Waals surface area contributed by atoms with Gasteiger partial charge >= 0.3 is 5.97 Å². The van der Waals surface area contributed by atoms with Gasteiger partial charge in [0.15, 0.2) is 9.84 Å². The number of esters is 1. The van der Waals surface area contributed by atoms with Crippen molar-refractivity contribution in [2.75, 3.05) is 6.26 Å². The number of carbonyl (C=O) groups is 2. The number of nitrogens with zero attached hydrogens (tertiary/aromatic N) is 6. The quantitative estimate of drug-likeness (QED) is 0.237. The van der Waals surface area contributed by atoms with Crippen LogP contribution in [-0.2, 0) is 23.4 Å². The lowest BCUT2D eigenvalue weighted by Crippen LogP contribution is -2.17. The molecule has 38 heavy (non-hydrogen) atoms. The summed E-state index contributed by atoms with van der Waals surface area (Å²) >= 11 is 6.71. The zero-order valence-electron chi connectivity index (χ0n) is 21.8. The van der Waals surface area contributed by atoms with Crippen LogP contribution in [0.15, 0.2) is 41.7 Å². The molecular weight excluding hydrogens is 532 g/mol. The summed E-state index contributed by atoms with van der Waals surface area (Å²) in [7, 11) is -1.98. The molecule has 3 heterocycles. The SMILES string of the molecule is Cc1nn(C)cc1C(=O)Oc1c(C(=O)c2ccc(S(C)(=O)=O)c(Cn3cccn3)c2Cl)c(C)nn1C(C)C. The Morgan fingerprint density at radius 3 is 2.37 bits per heavy atom. The van der Waals surface area contributed by atoms with Gasteiger partial charge in [0.25, 0.3) is 0 Å². The summed E-state index contributed by atoms with van der Waals surface area (Å²) < 4.78 is 35.2. The van der Waals surface area contributed by atoms with E-state index in [4.69, 9.17) is 16.3 Å². The van der Waals surface area contributed by atoms with E-state index in [0.29, 0.717) is 11.4 Å². The van der Waals surface area contributed by atoms with Gasteiger partial charge in [0.05, 0.1) is 33.9 Å². The normalized spacial score (nSPS) is 11.8. The van der Waals surface area contributed by atoms with Gasteiger partial charge < -0.3 is 4.74 Å². The second kappa shape index (κ2) is 10.2. The average Bonchev–Trinajstić information content (AvgIpc) is 3.53. The molecule has 11 nitrogen and oxygen atoms in total. The summed E-state index contributed by atoms with van der Waals surface area (Å²) in [4.78, 5) is 27.0. The maximum absolute atomic E-state index is 13.9. The van der Waals surface area contributed by atoms with Gasteiger partial charge in [-0.1, -0.05) is 11.6 Å². The number of rotatable bonds is 8. The van der Waals surface area contributed by atoms with Crippen molar-refractivity contribution >= 4 is 33.2 Å². The highest BCUT2D eigenvalue weighted by Crippen LogP contribution is 2.34. The van der Waals surface area contributed by atoms with Crippen LogP contribution in [0.2, 0.25) is 5.02 Å². The molecule has 200 valence electrons. The molecule has 0 amide bonds. The first kappa shape index (κ1) is 27.3. The highest BCUT2D eigenvalue weighted by molar-refractivity contribution is 7.90. The van der Waals surface area contributed by atoms with Gasteiger partial charge in [-0.2, -0.15) is 15.3 Å². The molecule has 0 aliphatic rings. The van der Waals surface area contributed by atoms with Crippen LogP contribution in [-0.4, -0.2) is 55.8 Å². The molecular formula is C25H27ClN6O5S. The van der Waals surface area contributed by atoms with Crippen LogP contribution >= 0.6 is 11.6 Å². The van der Waals surface area contributed by atoms with E-state index in [0.717, 1.165) is 6.26 Å². The van der Waals surface area contributed by atoms with Crippen molar-refractivity contribution in [2.45, 2.75) is 45.2 Å². The number of halogens is 1. The summed E-state index contributed by atoms with van der Waals surface area (Å²) in [5.74, 6) is -1.29. The summed E-state index contributed by atoms with van der Waals surface area (Å²) in [5, 5.41) is 12.7. The van der Waals surface area contributed by atoms with Crippen molar-refractivity contribution in [2.24, 2.45) is 7.05 Å². The zero-order chi connectivity index (χ0) is 27.9. The van der Waals surface area contributed by atoms with Gasteiger partial charge in [0.2, 0.25) is 11.7 Å². The molecule has 0 N–H and O–H groups in total. The van der Waals surface area contributed by atoms with E-state index in [1.807, 2.05) is 13.8 Å². The number of ketones is 1. The number of aromatic nitrogens is 6. The first-order valence-corrected chi connectivity index (χ1v) is 13.9. The minimum absolute atomic E-state index is 0.0112. The maximum atomic E-state index is 13.9. The van der Waals surface area contributed by atoms with Crippen LogP contribution in [0.1, 0.15) is 63.1 Å². The number of carbonyl (C=O) groups excluding carboxylic acids is 2. The number of hydrogen-bond acceptors (Lipinski definition) is 8. The molecule has 0 bridgehead atoms. The fourth-order valence-electron chi connectivity index (χ4n) is 4.14. The van der Waals surface area contributed by atoms with Gasteiger partial charge in [-0.05, 0) is 45.9 Å². The van der Waals surface area contributed by atoms with Crippen molar-refractivity contribution in [3.8, 4) is 5.88 Å². The summed E-state index contributed by atoms with van der Waals surface area (Å²) in [6.45, 7) is 7.01. The Kier molecular flexibility index (Phi) is 7.31. The molecule has 0 radical (unpaired) electrons. The van der Waals surface area contributed by atoms with Crippen molar-refractivity contribution in [3.63, 3.8) is 0 Å². The topological polar surface area (TPSA) is 131 Å². The highest BCUT2D eigenvalue weighted by atomic mass is 35.5. The van der Waals surface area contributed by atoms with E-state index in [2.05, 4.69) is 15.3 Å². The van der Waals surface area contributed by atoms with Gasteiger partial charge in [-0.25, -0.2) is 17.9 Å². The third kappa shape index (κ3) is 5.14. The molecule has 0 atom stereocenters. The molecule has 0 saturated heterocycles. The third-order valence-corrected chi connectivity index (χ3v) is 7.52. The summed E-state index contributed by atoms with van der Waals surface area (Å²) in [6, 6.07) is 4.15. The first-order valence-electron chi connectivity index (χ1n) is 11.6. The van der Waals surface area contributed by atoms with Gasteiger partial charge in [0, 0.05) is 43.0 Å². The number of sulfone groups is 1. The lowest BCUT2D eigenvalue weighted by molar-refractivity contribution is 0.0713. The van der Waals surface area contributed by atoms with Crippen molar-refractivity contribution < 1.29 is 22.7 Å².